The number of benzene rings is 2. The van der Waals surface area contributed by atoms with Crippen molar-refractivity contribution in [2.45, 2.75) is 13.5 Å². The Morgan fingerprint density at radius 3 is 2.78 bits per heavy atom. The van der Waals surface area contributed by atoms with Crippen LogP contribution in [0.4, 0.5) is 5.69 Å². The van der Waals surface area contributed by atoms with Gasteiger partial charge in [0, 0.05) is 29.4 Å². The second-order valence-electron chi connectivity index (χ2n) is 6.95. The van der Waals surface area contributed by atoms with Gasteiger partial charge >= 0.3 is 0 Å². The molecule has 8 heteroatoms. The molecule has 0 aliphatic rings. The maximum absolute atomic E-state index is 12.7. The molecule has 4 aromatic rings. The minimum atomic E-state index is -0.252. The van der Waals surface area contributed by atoms with Crippen LogP contribution in [0.1, 0.15) is 23.0 Å². The number of para-hydroxylation sites is 1. The van der Waals surface area contributed by atoms with Gasteiger partial charge in [0.15, 0.2) is 0 Å². The van der Waals surface area contributed by atoms with E-state index < -0.39 is 0 Å². The van der Waals surface area contributed by atoms with Gasteiger partial charge in [-0.05, 0) is 36.8 Å². The van der Waals surface area contributed by atoms with Gasteiger partial charge in [-0.25, -0.2) is 9.67 Å². The number of thiazole rings is 1. The van der Waals surface area contributed by atoms with Crippen molar-refractivity contribution in [2.24, 2.45) is 0 Å². The van der Waals surface area contributed by atoms with Gasteiger partial charge in [-0.3, -0.25) is 4.79 Å². The average molecular weight is 449 g/mol. The molecule has 0 spiro atoms. The van der Waals surface area contributed by atoms with Gasteiger partial charge < -0.3 is 14.8 Å². The summed E-state index contributed by atoms with van der Waals surface area (Å²) in [5, 5.41) is 9.81. The predicted octanol–water partition coefficient (Wildman–Crippen LogP) is 4.80. The molecule has 0 radical (unpaired) electrons. The lowest BCUT2D eigenvalue weighted by Crippen LogP contribution is -2.12. The van der Waals surface area contributed by atoms with Crippen LogP contribution in [0.25, 0.3) is 16.3 Å². The van der Waals surface area contributed by atoms with E-state index in [0.717, 1.165) is 21.8 Å². The summed E-state index contributed by atoms with van der Waals surface area (Å²) in [4.78, 5) is 17.2. The van der Waals surface area contributed by atoms with Gasteiger partial charge in [0.2, 0.25) is 0 Å². The number of anilines is 1. The molecule has 2 aromatic heterocycles. The van der Waals surface area contributed by atoms with E-state index in [0.29, 0.717) is 37.8 Å². The Morgan fingerprint density at radius 2 is 1.94 bits per heavy atom. The highest BCUT2D eigenvalue weighted by Crippen LogP contribution is 2.25. The molecule has 0 atom stereocenters. The van der Waals surface area contributed by atoms with Crippen molar-refractivity contribution in [1.29, 1.82) is 0 Å². The summed E-state index contributed by atoms with van der Waals surface area (Å²) in [6, 6.07) is 17.4. The summed E-state index contributed by atoms with van der Waals surface area (Å²) in [6.45, 7) is 4.20. The van der Waals surface area contributed by atoms with Crippen LogP contribution in [0.5, 0.6) is 0 Å². The van der Waals surface area contributed by atoms with E-state index in [1.165, 1.54) is 11.3 Å². The summed E-state index contributed by atoms with van der Waals surface area (Å²) < 4.78 is 12.6. The number of aromatic nitrogens is 3. The van der Waals surface area contributed by atoms with E-state index in [-0.39, 0.29) is 5.91 Å². The van der Waals surface area contributed by atoms with Crippen molar-refractivity contribution in [3.8, 4) is 16.3 Å². The zero-order valence-corrected chi connectivity index (χ0v) is 18.5. The van der Waals surface area contributed by atoms with Crippen molar-refractivity contribution >= 4 is 22.9 Å². The Kier molecular flexibility index (Phi) is 7.39. The standard InChI is InChI=1S/C24H24N4O3S/c1-2-30-11-12-31-16-18-7-6-8-20(13-18)26-23(29)22-17-32-24(27-22)19-14-25-28(15-19)21-9-4-3-5-10-21/h3-10,13-15,17H,2,11-12,16H2,1H3,(H,26,29). The fourth-order valence-corrected chi connectivity index (χ4v) is 3.83. The SMILES string of the molecule is CCOCCOCc1cccc(NC(=O)c2csc(-c3cnn(-c4ccccc4)c3)n2)c1. The van der Waals surface area contributed by atoms with Crippen LogP contribution < -0.4 is 5.32 Å². The minimum Gasteiger partial charge on any atom is -0.379 e. The quantitative estimate of drug-likeness (QED) is 0.353. The van der Waals surface area contributed by atoms with Gasteiger partial charge in [-0.2, -0.15) is 5.10 Å². The third-order valence-electron chi connectivity index (χ3n) is 4.62. The van der Waals surface area contributed by atoms with Gasteiger partial charge in [0.25, 0.3) is 5.91 Å². The second kappa shape index (κ2) is 10.8. The summed E-state index contributed by atoms with van der Waals surface area (Å²) in [5.74, 6) is -0.252. The largest absolute Gasteiger partial charge is 0.379 e. The number of hydrogen-bond donors (Lipinski definition) is 1. The normalized spacial score (nSPS) is 10.9. The molecule has 0 saturated heterocycles. The van der Waals surface area contributed by atoms with Crippen molar-refractivity contribution in [3.63, 3.8) is 0 Å². The van der Waals surface area contributed by atoms with E-state index in [1.54, 1.807) is 16.3 Å². The molecule has 1 amide bonds. The van der Waals surface area contributed by atoms with Crippen molar-refractivity contribution in [3.05, 3.63) is 83.6 Å². The zero-order chi connectivity index (χ0) is 22.2. The summed E-state index contributed by atoms with van der Waals surface area (Å²) in [5.41, 5.74) is 3.88. The van der Waals surface area contributed by atoms with Gasteiger partial charge in [-0.15, -0.1) is 11.3 Å². The van der Waals surface area contributed by atoms with Crippen molar-refractivity contribution < 1.29 is 14.3 Å². The van der Waals surface area contributed by atoms with Crippen molar-refractivity contribution in [2.75, 3.05) is 25.1 Å². The lowest BCUT2D eigenvalue weighted by molar-refractivity contribution is 0.0453. The van der Waals surface area contributed by atoms with Crippen molar-refractivity contribution in [1.82, 2.24) is 14.8 Å². The Morgan fingerprint density at radius 1 is 1.09 bits per heavy atom. The maximum atomic E-state index is 12.7. The van der Waals surface area contributed by atoms with E-state index in [4.69, 9.17) is 9.47 Å². The van der Waals surface area contributed by atoms with Crippen LogP contribution in [0.2, 0.25) is 0 Å². The lowest BCUT2D eigenvalue weighted by atomic mass is 10.2. The van der Waals surface area contributed by atoms with Gasteiger partial charge in [-0.1, -0.05) is 30.3 Å². The highest BCUT2D eigenvalue weighted by molar-refractivity contribution is 7.13. The number of nitrogens with zero attached hydrogens (tertiary/aromatic N) is 3. The molecule has 32 heavy (non-hydrogen) atoms. The molecule has 7 nitrogen and oxygen atoms in total. The second-order valence-corrected chi connectivity index (χ2v) is 7.81. The Balaban J connectivity index is 1.37. The fourth-order valence-electron chi connectivity index (χ4n) is 3.05. The maximum Gasteiger partial charge on any atom is 0.275 e. The average Bonchev–Trinajstić information content (AvgIpc) is 3.50. The molecule has 0 bridgehead atoms. The molecule has 0 aliphatic heterocycles. The monoisotopic (exact) mass is 448 g/mol. The highest BCUT2D eigenvalue weighted by Gasteiger charge is 2.14. The number of nitrogens with one attached hydrogen (secondary N) is 1. The first-order valence-electron chi connectivity index (χ1n) is 10.3. The zero-order valence-electron chi connectivity index (χ0n) is 17.7. The molecular formula is C24H24N4O3S. The topological polar surface area (TPSA) is 78.3 Å². The van der Waals surface area contributed by atoms with E-state index in [1.807, 2.05) is 67.7 Å². The van der Waals surface area contributed by atoms with Gasteiger partial charge in [0.05, 0.1) is 31.7 Å². The smallest absolute Gasteiger partial charge is 0.275 e. The van der Waals surface area contributed by atoms with Crippen LogP contribution in [0.15, 0.2) is 72.4 Å². The number of rotatable bonds is 10. The van der Waals surface area contributed by atoms with Crippen LogP contribution in [-0.4, -0.2) is 40.5 Å². The third kappa shape index (κ3) is 5.67. The molecule has 2 heterocycles. The Hall–Kier alpha value is -3.33. The van der Waals surface area contributed by atoms with E-state index in [9.17, 15) is 4.79 Å². The molecule has 2 aromatic carbocycles. The summed E-state index contributed by atoms with van der Waals surface area (Å²) >= 11 is 1.41. The molecule has 1 N–H and O–H groups in total. The molecule has 0 fully saturated rings. The summed E-state index contributed by atoms with van der Waals surface area (Å²) in [6.07, 6.45) is 3.66. The van der Waals surface area contributed by atoms with Crippen LogP contribution in [0.3, 0.4) is 0 Å². The van der Waals surface area contributed by atoms with Crippen LogP contribution >= 0.6 is 11.3 Å². The molecule has 0 aliphatic carbocycles. The first-order valence-corrected chi connectivity index (χ1v) is 11.2. The van der Waals surface area contributed by atoms with E-state index in [2.05, 4.69) is 15.4 Å². The number of hydrogen-bond acceptors (Lipinski definition) is 6. The first-order chi connectivity index (χ1) is 15.7. The lowest BCUT2D eigenvalue weighted by Gasteiger charge is -2.07. The number of ether oxygens (including phenoxy) is 2. The van der Waals surface area contributed by atoms with Crippen LogP contribution in [0, 0.1) is 0 Å². The van der Waals surface area contributed by atoms with Gasteiger partial charge in [0.1, 0.15) is 10.7 Å². The number of amides is 1. The predicted molar refractivity (Wildman–Crippen MR) is 125 cm³/mol. The third-order valence-corrected chi connectivity index (χ3v) is 5.51. The fraction of sp³-hybridized carbons (Fsp3) is 0.208. The first kappa shape index (κ1) is 21.9. The summed E-state index contributed by atoms with van der Waals surface area (Å²) in [7, 11) is 0. The molecule has 164 valence electrons. The van der Waals surface area contributed by atoms with E-state index >= 15 is 0 Å². The Bertz CT molecular complexity index is 1160. The highest BCUT2D eigenvalue weighted by atomic mass is 32.1. The molecule has 0 saturated carbocycles. The molecule has 4 rings (SSSR count). The molecule has 0 unspecified atom stereocenters. The number of carbonyl (C=O) groups is 1. The number of carbonyl (C=O) groups excluding carboxylic acids is 1. The Labute approximate surface area is 190 Å². The van der Waals surface area contributed by atoms with Crippen LogP contribution in [-0.2, 0) is 16.1 Å². The molecular weight excluding hydrogens is 424 g/mol. The minimum absolute atomic E-state index is 0.252.